The number of benzene rings is 1. The Bertz CT molecular complexity index is 929. The van der Waals surface area contributed by atoms with Crippen LogP contribution in [-0.4, -0.2) is 54.0 Å². The quantitative estimate of drug-likeness (QED) is 0.206. The first-order valence-electron chi connectivity index (χ1n) is 9.96. The highest BCUT2D eigenvalue weighted by molar-refractivity contribution is 14.0. The van der Waals surface area contributed by atoms with Gasteiger partial charge in [0.15, 0.2) is 11.7 Å². The minimum atomic E-state index is -0.0855. The van der Waals surface area contributed by atoms with Crippen LogP contribution >= 0.6 is 24.0 Å². The third kappa shape index (κ3) is 7.78. The zero-order chi connectivity index (χ0) is 21.2. The number of rotatable bonds is 10. The van der Waals surface area contributed by atoms with Crippen molar-refractivity contribution in [1.82, 2.24) is 25.8 Å². The van der Waals surface area contributed by atoms with Crippen molar-refractivity contribution >= 4 is 29.9 Å². The fourth-order valence-electron chi connectivity index (χ4n) is 2.73. The molecular weight excluding hydrogens is 511 g/mol. The Labute approximate surface area is 199 Å². The third-order valence-corrected chi connectivity index (χ3v) is 4.16. The van der Waals surface area contributed by atoms with Gasteiger partial charge in [-0.05, 0) is 38.1 Å². The van der Waals surface area contributed by atoms with Crippen molar-refractivity contribution < 1.29 is 13.9 Å². The average Bonchev–Trinajstić information content (AvgIpc) is 3.44. The van der Waals surface area contributed by atoms with Gasteiger partial charge in [0, 0.05) is 25.6 Å². The Morgan fingerprint density at radius 3 is 2.81 bits per heavy atom. The number of hydrogen-bond acceptors (Lipinski definition) is 6. The SMILES string of the molecule is CCNC(=NCC(C)Oc1cccc(OC)c1)NCCc1nc(-c2ccco2)n[nH]1.I. The maximum Gasteiger partial charge on any atom is 0.216 e. The topological polar surface area (TPSA) is 110 Å². The number of furan rings is 1. The molecule has 2 heterocycles. The molecule has 1 aromatic carbocycles. The van der Waals surface area contributed by atoms with E-state index in [2.05, 4.69) is 30.8 Å². The Morgan fingerprint density at radius 2 is 2.06 bits per heavy atom. The number of ether oxygens (including phenoxy) is 2. The molecule has 0 bridgehead atoms. The fraction of sp³-hybridized carbons (Fsp3) is 0.381. The van der Waals surface area contributed by atoms with E-state index in [4.69, 9.17) is 13.9 Å². The van der Waals surface area contributed by atoms with Gasteiger partial charge in [0.25, 0.3) is 0 Å². The lowest BCUT2D eigenvalue weighted by Crippen LogP contribution is -2.39. The molecule has 0 aliphatic rings. The molecule has 0 amide bonds. The Balaban J connectivity index is 0.00000341. The highest BCUT2D eigenvalue weighted by Gasteiger charge is 2.09. The van der Waals surface area contributed by atoms with Crippen LogP contribution < -0.4 is 20.1 Å². The van der Waals surface area contributed by atoms with Crippen molar-refractivity contribution in [2.75, 3.05) is 26.7 Å². The molecule has 1 unspecified atom stereocenters. The van der Waals surface area contributed by atoms with E-state index in [-0.39, 0.29) is 30.1 Å². The van der Waals surface area contributed by atoms with Crippen molar-refractivity contribution in [3.05, 3.63) is 48.5 Å². The number of aromatic amines is 1. The summed E-state index contributed by atoms with van der Waals surface area (Å²) in [5.41, 5.74) is 0. The van der Waals surface area contributed by atoms with Gasteiger partial charge in [0.05, 0.1) is 19.9 Å². The Kier molecular flexibility index (Phi) is 10.1. The van der Waals surface area contributed by atoms with Gasteiger partial charge < -0.3 is 24.5 Å². The molecule has 0 aliphatic heterocycles. The van der Waals surface area contributed by atoms with Gasteiger partial charge in [-0.25, -0.2) is 9.98 Å². The highest BCUT2D eigenvalue weighted by Crippen LogP contribution is 2.20. The van der Waals surface area contributed by atoms with Crippen LogP contribution in [0.4, 0.5) is 0 Å². The highest BCUT2D eigenvalue weighted by atomic mass is 127. The summed E-state index contributed by atoms with van der Waals surface area (Å²) in [5.74, 6) is 4.22. The first kappa shape index (κ1) is 24.5. The molecule has 2 aromatic heterocycles. The first-order chi connectivity index (χ1) is 14.7. The summed E-state index contributed by atoms with van der Waals surface area (Å²) in [5, 5.41) is 13.6. The largest absolute Gasteiger partial charge is 0.497 e. The lowest BCUT2D eigenvalue weighted by atomic mass is 10.3. The second-order valence-electron chi connectivity index (χ2n) is 6.59. The van der Waals surface area contributed by atoms with E-state index in [1.165, 1.54) is 0 Å². The molecule has 1 atom stereocenters. The number of hydrogen-bond donors (Lipinski definition) is 3. The predicted octanol–water partition coefficient (Wildman–Crippen LogP) is 3.26. The van der Waals surface area contributed by atoms with Crippen LogP contribution in [0.2, 0.25) is 0 Å². The number of H-pyrrole nitrogens is 1. The lowest BCUT2D eigenvalue weighted by Gasteiger charge is -2.15. The number of methoxy groups -OCH3 is 1. The van der Waals surface area contributed by atoms with Crippen molar-refractivity contribution in [2.45, 2.75) is 26.4 Å². The molecule has 0 spiro atoms. The molecule has 0 radical (unpaired) electrons. The maximum absolute atomic E-state index is 5.92. The normalized spacial score (nSPS) is 12.0. The van der Waals surface area contributed by atoms with Gasteiger partial charge in [-0.3, -0.25) is 5.10 Å². The molecule has 0 fully saturated rings. The summed E-state index contributed by atoms with van der Waals surface area (Å²) in [6, 6.07) is 11.2. The molecule has 9 nitrogen and oxygen atoms in total. The maximum atomic E-state index is 5.92. The summed E-state index contributed by atoms with van der Waals surface area (Å²) in [4.78, 5) is 9.05. The van der Waals surface area contributed by atoms with E-state index in [0.29, 0.717) is 31.1 Å². The number of guanidine groups is 1. The third-order valence-electron chi connectivity index (χ3n) is 4.16. The second kappa shape index (κ2) is 12.8. The van der Waals surface area contributed by atoms with E-state index in [0.717, 1.165) is 29.8 Å². The lowest BCUT2D eigenvalue weighted by molar-refractivity contribution is 0.229. The molecular formula is C21H29IN6O3. The van der Waals surface area contributed by atoms with Crippen LogP contribution in [0.3, 0.4) is 0 Å². The van der Waals surface area contributed by atoms with E-state index < -0.39 is 0 Å². The standard InChI is InChI=1S/C21H28N6O3.HI/c1-4-22-21(24-14-15(2)30-17-8-5-7-16(13-17)28-3)23-11-10-19-25-20(27-26-19)18-9-6-12-29-18;/h5-9,12-13,15H,4,10-11,14H2,1-3H3,(H2,22,23,24)(H,25,26,27);1H. The van der Waals surface area contributed by atoms with Gasteiger partial charge in [-0.1, -0.05) is 6.07 Å². The van der Waals surface area contributed by atoms with Crippen LogP contribution in [0, 0.1) is 0 Å². The number of aromatic nitrogens is 3. The van der Waals surface area contributed by atoms with Crippen molar-refractivity contribution in [2.24, 2.45) is 4.99 Å². The number of nitrogens with one attached hydrogen (secondary N) is 3. The van der Waals surface area contributed by atoms with Crippen molar-refractivity contribution in [3.63, 3.8) is 0 Å². The van der Waals surface area contributed by atoms with Crippen molar-refractivity contribution in [1.29, 1.82) is 0 Å². The van der Waals surface area contributed by atoms with Gasteiger partial charge >= 0.3 is 0 Å². The summed E-state index contributed by atoms with van der Waals surface area (Å²) < 4.78 is 16.5. The van der Waals surface area contributed by atoms with Gasteiger partial charge in [-0.15, -0.1) is 24.0 Å². The molecule has 31 heavy (non-hydrogen) atoms. The van der Waals surface area contributed by atoms with Gasteiger partial charge in [0.1, 0.15) is 23.4 Å². The molecule has 3 rings (SSSR count). The van der Waals surface area contributed by atoms with E-state index in [9.17, 15) is 0 Å². The molecule has 0 aliphatic carbocycles. The van der Waals surface area contributed by atoms with Crippen LogP contribution in [0.25, 0.3) is 11.6 Å². The van der Waals surface area contributed by atoms with Gasteiger partial charge in [0.2, 0.25) is 5.82 Å². The summed E-state index contributed by atoms with van der Waals surface area (Å²) >= 11 is 0. The fourth-order valence-corrected chi connectivity index (χ4v) is 2.73. The smallest absolute Gasteiger partial charge is 0.216 e. The van der Waals surface area contributed by atoms with E-state index in [1.807, 2.05) is 50.2 Å². The molecule has 0 saturated heterocycles. The minimum Gasteiger partial charge on any atom is -0.497 e. The Hall–Kier alpha value is -2.76. The molecule has 10 heteroatoms. The summed E-state index contributed by atoms with van der Waals surface area (Å²) in [6.07, 6.45) is 2.19. The molecule has 168 valence electrons. The molecule has 3 aromatic rings. The average molecular weight is 540 g/mol. The summed E-state index contributed by atoms with van der Waals surface area (Å²) in [6.45, 7) is 5.94. The van der Waals surface area contributed by atoms with Gasteiger partial charge in [-0.2, -0.15) is 5.10 Å². The van der Waals surface area contributed by atoms with Crippen LogP contribution in [0.1, 0.15) is 19.7 Å². The first-order valence-corrected chi connectivity index (χ1v) is 9.96. The number of halogens is 1. The zero-order valence-electron chi connectivity index (χ0n) is 17.9. The number of nitrogens with zero attached hydrogens (tertiary/aromatic N) is 3. The molecule has 3 N–H and O–H groups in total. The zero-order valence-corrected chi connectivity index (χ0v) is 20.3. The van der Waals surface area contributed by atoms with Crippen LogP contribution in [0.15, 0.2) is 52.1 Å². The molecule has 0 saturated carbocycles. The monoisotopic (exact) mass is 540 g/mol. The van der Waals surface area contributed by atoms with E-state index >= 15 is 0 Å². The predicted molar refractivity (Wildman–Crippen MR) is 130 cm³/mol. The van der Waals surface area contributed by atoms with Crippen molar-refractivity contribution in [3.8, 4) is 23.1 Å². The summed E-state index contributed by atoms with van der Waals surface area (Å²) in [7, 11) is 1.64. The second-order valence-corrected chi connectivity index (χ2v) is 6.59. The van der Waals surface area contributed by atoms with E-state index in [1.54, 1.807) is 13.4 Å². The van der Waals surface area contributed by atoms with Crippen LogP contribution in [0.5, 0.6) is 11.5 Å². The van der Waals surface area contributed by atoms with Crippen LogP contribution in [-0.2, 0) is 6.42 Å². The Morgan fingerprint density at radius 1 is 1.23 bits per heavy atom. The number of aliphatic imine (C=N–C) groups is 1. The minimum absolute atomic E-state index is 0.